The summed E-state index contributed by atoms with van der Waals surface area (Å²) >= 11 is 0. The van der Waals surface area contributed by atoms with Gasteiger partial charge in [-0.25, -0.2) is 4.98 Å². The highest BCUT2D eigenvalue weighted by Gasteiger charge is 2.18. The van der Waals surface area contributed by atoms with Crippen molar-refractivity contribution in [2.24, 2.45) is 0 Å². The van der Waals surface area contributed by atoms with Gasteiger partial charge >= 0.3 is 0 Å². The molecule has 0 bridgehead atoms. The summed E-state index contributed by atoms with van der Waals surface area (Å²) in [6.45, 7) is 3.03. The second kappa shape index (κ2) is 9.03. The summed E-state index contributed by atoms with van der Waals surface area (Å²) in [7, 11) is 0. The van der Waals surface area contributed by atoms with Crippen LogP contribution in [0, 0.1) is 0 Å². The number of nitrogens with zero attached hydrogens (tertiary/aromatic N) is 4. The molecule has 0 unspecified atom stereocenters. The zero-order valence-electron chi connectivity index (χ0n) is 17.4. The Hall–Kier alpha value is -3.98. The molecule has 0 spiro atoms. The number of aromatic amines is 1. The van der Waals surface area contributed by atoms with E-state index in [1.807, 2.05) is 47.4 Å². The number of hydrogen-bond acceptors (Lipinski definition) is 7. The number of carbonyl (C=O) groups excluding carboxylic acids is 1. The Labute approximate surface area is 184 Å². The fourth-order valence-electron chi connectivity index (χ4n) is 3.57. The van der Waals surface area contributed by atoms with E-state index in [4.69, 9.17) is 4.74 Å². The molecule has 4 aromatic rings. The van der Waals surface area contributed by atoms with E-state index < -0.39 is 0 Å². The van der Waals surface area contributed by atoms with Crippen molar-refractivity contribution in [1.29, 1.82) is 0 Å². The van der Waals surface area contributed by atoms with Crippen LogP contribution in [0.15, 0.2) is 60.9 Å². The number of imidazole rings is 1. The van der Waals surface area contributed by atoms with Crippen molar-refractivity contribution in [3.05, 3.63) is 72.1 Å². The summed E-state index contributed by atoms with van der Waals surface area (Å²) in [5.41, 5.74) is 3.89. The van der Waals surface area contributed by atoms with Gasteiger partial charge in [-0.2, -0.15) is 9.97 Å². The predicted molar refractivity (Wildman–Crippen MR) is 122 cm³/mol. The Kier molecular flexibility index (Phi) is 5.63. The molecule has 0 aliphatic carbocycles. The molecular weight excluding hydrogens is 406 g/mol. The van der Waals surface area contributed by atoms with Crippen molar-refractivity contribution in [3.63, 3.8) is 0 Å². The van der Waals surface area contributed by atoms with Crippen molar-refractivity contribution in [1.82, 2.24) is 24.8 Å². The third-order valence-corrected chi connectivity index (χ3v) is 5.27. The molecule has 32 heavy (non-hydrogen) atoms. The zero-order valence-corrected chi connectivity index (χ0v) is 17.4. The van der Waals surface area contributed by atoms with E-state index in [-0.39, 0.29) is 5.91 Å². The highest BCUT2D eigenvalue weighted by atomic mass is 16.5. The molecule has 1 fully saturated rings. The lowest BCUT2D eigenvalue weighted by Gasteiger charge is -2.26. The van der Waals surface area contributed by atoms with Gasteiger partial charge in [-0.05, 0) is 29.8 Å². The number of benzene rings is 2. The van der Waals surface area contributed by atoms with E-state index in [2.05, 4.69) is 42.7 Å². The van der Waals surface area contributed by atoms with E-state index in [1.54, 1.807) is 6.33 Å². The second-order valence-electron chi connectivity index (χ2n) is 7.44. The lowest BCUT2D eigenvalue weighted by molar-refractivity contribution is 0.0303. The normalized spacial score (nSPS) is 13.8. The first kappa shape index (κ1) is 20.0. The van der Waals surface area contributed by atoms with Gasteiger partial charge in [0.2, 0.25) is 5.95 Å². The molecule has 162 valence electrons. The van der Waals surface area contributed by atoms with Gasteiger partial charge < -0.3 is 25.3 Å². The van der Waals surface area contributed by atoms with Crippen LogP contribution in [0.25, 0.3) is 11.2 Å². The van der Waals surface area contributed by atoms with Crippen molar-refractivity contribution in [2.75, 3.05) is 36.9 Å². The van der Waals surface area contributed by atoms with Gasteiger partial charge in [0.15, 0.2) is 11.5 Å². The topological polar surface area (TPSA) is 108 Å². The van der Waals surface area contributed by atoms with Crippen molar-refractivity contribution in [3.8, 4) is 0 Å². The first-order chi connectivity index (χ1) is 15.8. The summed E-state index contributed by atoms with van der Waals surface area (Å²) in [4.78, 5) is 30.9. The molecule has 9 heteroatoms. The van der Waals surface area contributed by atoms with Crippen LogP contribution in [0.1, 0.15) is 15.9 Å². The third-order valence-electron chi connectivity index (χ3n) is 5.27. The number of nitrogens with one attached hydrogen (secondary N) is 3. The number of carbonyl (C=O) groups is 1. The summed E-state index contributed by atoms with van der Waals surface area (Å²) in [6, 6.07) is 17.4. The average molecular weight is 429 g/mol. The lowest BCUT2D eigenvalue weighted by Crippen LogP contribution is -2.40. The van der Waals surface area contributed by atoms with Crippen LogP contribution in [0.3, 0.4) is 0 Å². The standard InChI is InChI=1S/C23H23N7O2/c31-22(30-10-12-32-13-11-30)17-6-8-18(9-7-17)27-23-28-20(19-21(29-23)26-15-25-19)24-14-16-4-2-1-3-5-16/h1-9,15H,10-14H2,(H3,24,25,26,27,28,29). The molecule has 2 aromatic carbocycles. The summed E-state index contributed by atoms with van der Waals surface area (Å²) in [5.74, 6) is 1.09. The number of fused-ring (bicyclic) bond motifs is 1. The molecule has 1 aliphatic rings. The predicted octanol–water partition coefficient (Wildman–Crippen LogP) is 3.18. The molecule has 3 N–H and O–H groups in total. The first-order valence-electron chi connectivity index (χ1n) is 10.5. The maximum atomic E-state index is 12.6. The monoisotopic (exact) mass is 429 g/mol. The molecule has 0 saturated carbocycles. The maximum absolute atomic E-state index is 12.6. The van der Waals surface area contributed by atoms with Crippen LogP contribution in [0.4, 0.5) is 17.5 Å². The molecule has 5 rings (SSSR count). The van der Waals surface area contributed by atoms with Crippen molar-refractivity contribution >= 4 is 34.5 Å². The Morgan fingerprint density at radius 2 is 1.81 bits per heavy atom. The highest BCUT2D eigenvalue weighted by molar-refractivity contribution is 5.94. The Balaban J connectivity index is 1.32. The molecule has 1 saturated heterocycles. The number of anilines is 3. The van der Waals surface area contributed by atoms with E-state index in [0.29, 0.717) is 61.3 Å². The van der Waals surface area contributed by atoms with Gasteiger partial charge in [0, 0.05) is 30.9 Å². The SMILES string of the molecule is O=C(c1ccc(Nc2nc(NCc3ccccc3)c3nc[nH]c3n2)cc1)N1CCOCC1. The van der Waals surface area contributed by atoms with E-state index in [9.17, 15) is 4.79 Å². The van der Waals surface area contributed by atoms with Crippen molar-refractivity contribution in [2.45, 2.75) is 6.54 Å². The minimum atomic E-state index is 0.0161. The number of H-pyrrole nitrogens is 1. The highest BCUT2D eigenvalue weighted by Crippen LogP contribution is 2.22. The molecule has 3 heterocycles. The maximum Gasteiger partial charge on any atom is 0.254 e. The molecule has 0 radical (unpaired) electrons. The van der Waals surface area contributed by atoms with E-state index in [0.717, 1.165) is 11.3 Å². The largest absolute Gasteiger partial charge is 0.378 e. The minimum absolute atomic E-state index is 0.0161. The second-order valence-corrected chi connectivity index (χ2v) is 7.44. The molecular formula is C23H23N7O2. The van der Waals surface area contributed by atoms with Gasteiger partial charge in [-0.3, -0.25) is 4.79 Å². The van der Waals surface area contributed by atoms with Crippen LogP contribution in [-0.2, 0) is 11.3 Å². The van der Waals surface area contributed by atoms with E-state index in [1.165, 1.54) is 0 Å². The van der Waals surface area contributed by atoms with Crippen LogP contribution < -0.4 is 10.6 Å². The van der Waals surface area contributed by atoms with Crippen LogP contribution >= 0.6 is 0 Å². The van der Waals surface area contributed by atoms with Crippen LogP contribution in [-0.4, -0.2) is 57.0 Å². The van der Waals surface area contributed by atoms with Gasteiger partial charge in [0.25, 0.3) is 5.91 Å². The number of hydrogen-bond donors (Lipinski definition) is 3. The first-order valence-corrected chi connectivity index (χ1v) is 10.5. The zero-order chi connectivity index (χ0) is 21.8. The fourth-order valence-corrected chi connectivity index (χ4v) is 3.57. The smallest absolute Gasteiger partial charge is 0.254 e. The minimum Gasteiger partial charge on any atom is -0.378 e. The number of amides is 1. The summed E-state index contributed by atoms with van der Waals surface area (Å²) in [5, 5.41) is 6.56. The average Bonchev–Trinajstić information content (AvgIpc) is 3.33. The Morgan fingerprint density at radius 1 is 1.03 bits per heavy atom. The molecule has 0 atom stereocenters. The van der Waals surface area contributed by atoms with Crippen molar-refractivity contribution < 1.29 is 9.53 Å². The Bertz CT molecular complexity index is 1200. The fraction of sp³-hybridized carbons (Fsp3) is 0.217. The Morgan fingerprint density at radius 3 is 2.59 bits per heavy atom. The summed E-state index contributed by atoms with van der Waals surface area (Å²) < 4.78 is 5.32. The van der Waals surface area contributed by atoms with Crippen LogP contribution in [0.5, 0.6) is 0 Å². The number of aromatic nitrogens is 4. The number of rotatable bonds is 6. The van der Waals surface area contributed by atoms with Crippen LogP contribution in [0.2, 0.25) is 0 Å². The summed E-state index contributed by atoms with van der Waals surface area (Å²) in [6.07, 6.45) is 1.60. The quantitative estimate of drug-likeness (QED) is 0.432. The van der Waals surface area contributed by atoms with Gasteiger partial charge in [-0.15, -0.1) is 0 Å². The van der Waals surface area contributed by atoms with E-state index >= 15 is 0 Å². The van der Waals surface area contributed by atoms with Gasteiger partial charge in [-0.1, -0.05) is 30.3 Å². The lowest BCUT2D eigenvalue weighted by atomic mass is 10.1. The molecule has 9 nitrogen and oxygen atoms in total. The third kappa shape index (κ3) is 4.37. The van der Waals surface area contributed by atoms with Gasteiger partial charge in [0.1, 0.15) is 5.52 Å². The number of morpholine rings is 1. The molecule has 1 amide bonds. The number of ether oxygens (including phenoxy) is 1. The molecule has 2 aromatic heterocycles. The van der Waals surface area contributed by atoms with Gasteiger partial charge in [0.05, 0.1) is 19.5 Å². The molecule has 1 aliphatic heterocycles.